The molecule has 0 aliphatic carbocycles. The van der Waals surface area contributed by atoms with Crippen LogP contribution in [0.4, 0.5) is 18.9 Å². The van der Waals surface area contributed by atoms with Gasteiger partial charge in [-0.15, -0.1) is 0 Å². The Morgan fingerprint density at radius 2 is 1.95 bits per heavy atom. The molecule has 0 fully saturated rings. The normalized spacial score (nSPS) is 11.6. The minimum Gasteiger partial charge on any atom is -0.478 e. The summed E-state index contributed by atoms with van der Waals surface area (Å²) in [7, 11) is 0. The third-order valence-electron chi connectivity index (χ3n) is 2.01. The van der Waals surface area contributed by atoms with Crippen molar-refractivity contribution in [1.29, 1.82) is 0 Å². The van der Waals surface area contributed by atoms with Gasteiger partial charge in [0.2, 0.25) is 5.91 Å². The lowest BCUT2D eigenvalue weighted by atomic mass is 10.2. The third-order valence-corrected chi connectivity index (χ3v) is 2.01. The summed E-state index contributed by atoms with van der Waals surface area (Å²) in [6.45, 7) is 1.30. The van der Waals surface area contributed by atoms with Gasteiger partial charge < -0.3 is 10.4 Å². The maximum absolute atomic E-state index is 12.3. The number of amides is 1. The van der Waals surface area contributed by atoms with Crippen LogP contribution in [-0.4, -0.2) is 22.0 Å². The second-order valence-corrected chi connectivity index (χ2v) is 3.49. The van der Waals surface area contributed by atoms with E-state index < -0.39 is 23.7 Å². The smallest absolute Gasteiger partial charge is 0.433 e. The van der Waals surface area contributed by atoms with Gasteiger partial charge in [-0.25, -0.2) is 9.78 Å². The van der Waals surface area contributed by atoms with Crippen molar-refractivity contribution in [3.05, 3.63) is 35.7 Å². The van der Waals surface area contributed by atoms with Crippen molar-refractivity contribution < 1.29 is 27.9 Å². The van der Waals surface area contributed by atoms with Crippen molar-refractivity contribution in [2.24, 2.45) is 0 Å². The highest BCUT2D eigenvalue weighted by atomic mass is 19.4. The van der Waals surface area contributed by atoms with Crippen LogP contribution < -0.4 is 5.32 Å². The average molecular weight is 274 g/mol. The number of halogens is 3. The summed E-state index contributed by atoms with van der Waals surface area (Å²) in [5, 5.41) is 10.5. The van der Waals surface area contributed by atoms with Crippen molar-refractivity contribution in [2.75, 3.05) is 5.32 Å². The number of anilines is 1. The molecule has 0 aliphatic rings. The van der Waals surface area contributed by atoms with Gasteiger partial charge in [0.15, 0.2) is 0 Å². The van der Waals surface area contributed by atoms with E-state index in [1.807, 2.05) is 0 Å². The first-order chi connectivity index (χ1) is 8.70. The Morgan fingerprint density at radius 1 is 1.32 bits per heavy atom. The zero-order valence-electron chi connectivity index (χ0n) is 9.65. The van der Waals surface area contributed by atoms with Crippen molar-refractivity contribution in [2.45, 2.75) is 13.1 Å². The zero-order chi connectivity index (χ0) is 14.6. The molecule has 102 valence electrons. The molecule has 0 aliphatic heterocycles. The molecular formula is C11H9F3N2O3. The summed E-state index contributed by atoms with van der Waals surface area (Å²) in [5.41, 5.74) is -1.01. The van der Waals surface area contributed by atoms with Crippen molar-refractivity contribution in [3.8, 4) is 0 Å². The third kappa shape index (κ3) is 4.41. The van der Waals surface area contributed by atoms with Crippen LogP contribution in [-0.2, 0) is 15.8 Å². The first-order valence-electron chi connectivity index (χ1n) is 4.97. The number of nitrogens with zero attached hydrogens (tertiary/aromatic N) is 1. The van der Waals surface area contributed by atoms with E-state index in [1.54, 1.807) is 0 Å². The maximum atomic E-state index is 12.3. The fourth-order valence-electron chi connectivity index (χ4n) is 1.17. The first-order valence-corrected chi connectivity index (χ1v) is 4.97. The Morgan fingerprint density at radius 3 is 2.42 bits per heavy atom. The lowest BCUT2D eigenvalue weighted by Crippen LogP contribution is -2.13. The van der Waals surface area contributed by atoms with Gasteiger partial charge in [-0.05, 0) is 19.1 Å². The molecule has 0 unspecified atom stereocenters. The molecule has 0 spiro atoms. The number of aryl methyl sites for hydroxylation is 1. The molecule has 1 amide bonds. The molecule has 0 atom stereocenters. The number of rotatable bonds is 3. The maximum Gasteiger partial charge on any atom is 0.433 e. The van der Waals surface area contributed by atoms with E-state index in [4.69, 9.17) is 5.11 Å². The number of alkyl halides is 3. The Balaban J connectivity index is 2.87. The van der Waals surface area contributed by atoms with Gasteiger partial charge in [0.25, 0.3) is 0 Å². The number of pyridine rings is 1. The molecule has 0 saturated heterocycles. The van der Waals surface area contributed by atoms with E-state index >= 15 is 0 Å². The first kappa shape index (κ1) is 14.7. The van der Waals surface area contributed by atoms with E-state index in [-0.39, 0.29) is 11.4 Å². The van der Waals surface area contributed by atoms with E-state index in [2.05, 4.69) is 10.3 Å². The predicted octanol–water partition coefficient (Wildman–Crippen LogP) is 1.99. The van der Waals surface area contributed by atoms with E-state index in [0.29, 0.717) is 6.08 Å². The molecular weight excluding hydrogens is 265 g/mol. The molecule has 0 saturated carbocycles. The van der Waals surface area contributed by atoms with E-state index in [9.17, 15) is 22.8 Å². The summed E-state index contributed by atoms with van der Waals surface area (Å²) in [4.78, 5) is 24.7. The lowest BCUT2D eigenvalue weighted by molar-refractivity contribution is -0.141. The zero-order valence-corrected chi connectivity index (χ0v) is 9.65. The number of carbonyl (C=O) groups excluding carboxylic acids is 1. The highest BCUT2D eigenvalue weighted by molar-refractivity contribution is 6.02. The van der Waals surface area contributed by atoms with Gasteiger partial charge in [-0.2, -0.15) is 13.2 Å². The number of aliphatic carboxylic acids is 1. The van der Waals surface area contributed by atoms with Gasteiger partial charge in [-0.3, -0.25) is 4.79 Å². The van der Waals surface area contributed by atoms with E-state index in [1.165, 1.54) is 6.92 Å². The number of carboxylic acids is 1. The van der Waals surface area contributed by atoms with Crippen LogP contribution in [0.15, 0.2) is 24.3 Å². The molecule has 5 nitrogen and oxygen atoms in total. The fourth-order valence-corrected chi connectivity index (χ4v) is 1.17. The monoisotopic (exact) mass is 274 g/mol. The predicted molar refractivity (Wildman–Crippen MR) is 59.4 cm³/mol. The SMILES string of the molecule is Cc1nc(C(F)(F)F)ccc1NC(=O)C=CC(=O)O. The second kappa shape index (κ2) is 5.51. The number of aromatic nitrogens is 1. The van der Waals surface area contributed by atoms with Gasteiger partial charge in [0, 0.05) is 12.2 Å². The van der Waals surface area contributed by atoms with Crippen LogP contribution in [0.3, 0.4) is 0 Å². The van der Waals surface area contributed by atoms with Crippen LogP contribution in [0.2, 0.25) is 0 Å². The Labute approximate surface area is 105 Å². The van der Waals surface area contributed by atoms with Crippen LogP contribution in [0, 0.1) is 6.92 Å². The quantitative estimate of drug-likeness (QED) is 0.826. The van der Waals surface area contributed by atoms with Crippen LogP contribution >= 0.6 is 0 Å². The Kier molecular flexibility index (Phi) is 4.26. The summed E-state index contributed by atoms with van der Waals surface area (Å²) < 4.78 is 37.0. The molecule has 19 heavy (non-hydrogen) atoms. The molecule has 1 aromatic rings. The standard InChI is InChI=1S/C11H9F3N2O3/c1-6-7(16-9(17)4-5-10(18)19)2-3-8(15-6)11(12,13)14/h2-5H,1H3,(H,16,17)(H,18,19). The molecule has 1 rings (SSSR count). The number of carboxylic acid groups (broad SMARTS) is 1. The number of hydrogen-bond acceptors (Lipinski definition) is 3. The van der Waals surface area contributed by atoms with Gasteiger partial charge in [0.05, 0.1) is 11.4 Å². The summed E-state index contributed by atoms with van der Waals surface area (Å²) in [5.74, 6) is -2.08. The molecule has 1 heterocycles. The molecule has 0 aromatic carbocycles. The molecule has 8 heteroatoms. The Bertz CT molecular complexity index is 538. The van der Waals surface area contributed by atoms with Crippen molar-refractivity contribution in [1.82, 2.24) is 4.98 Å². The van der Waals surface area contributed by atoms with Gasteiger partial charge >= 0.3 is 12.1 Å². The number of carbonyl (C=O) groups is 2. The van der Waals surface area contributed by atoms with Crippen LogP contribution in [0.1, 0.15) is 11.4 Å². The minimum atomic E-state index is -4.56. The van der Waals surface area contributed by atoms with Crippen LogP contribution in [0.25, 0.3) is 0 Å². The second-order valence-electron chi connectivity index (χ2n) is 3.49. The highest BCUT2D eigenvalue weighted by Gasteiger charge is 2.32. The van der Waals surface area contributed by atoms with E-state index in [0.717, 1.165) is 18.2 Å². The van der Waals surface area contributed by atoms with Crippen molar-refractivity contribution in [3.63, 3.8) is 0 Å². The number of hydrogen-bond donors (Lipinski definition) is 2. The Hall–Kier alpha value is -2.38. The summed E-state index contributed by atoms with van der Waals surface area (Å²) in [6.07, 6.45) is -3.20. The van der Waals surface area contributed by atoms with Gasteiger partial charge in [-0.1, -0.05) is 0 Å². The number of nitrogens with one attached hydrogen (secondary N) is 1. The topological polar surface area (TPSA) is 79.3 Å². The molecule has 2 N–H and O–H groups in total. The molecule has 0 bridgehead atoms. The molecule has 1 aromatic heterocycles. The lowest BCUT2D eigenvalue weighted by Gasteiger charge is -2.10. The average Bonchev–Trinajstić information content (AvgIpc) is 2.27. The largest absolute Gasteiger partial charge is 0.478 e. The van der Waals surface area contributed by atoms with Crippen molar-refractivity contribution >= 4 is 17.6 Å². The highest BCUT2D eigenvalue weighted by Crippen LogP contribution is 2.29. The van der Waals surface area contributed by atoms with Crippen LogP contribution in [0.5, 0.6) is 0 Å². The molecule has 0 radical (unpaired) electrons. The van der Waals surface area contributed by atoms with Gasteiger partial charge in [0.1, 0.15) is 5.69 Å². The fraction of sp³-hybridized carbons (Fsp3) is 0.182. The summed E-state index contributed by atoms with van der Waals surface area (Å²) in [6, 6.07) is 1.78. The minimum absolute atomic E-state index is 0.0214. The summed E-state index contributed by atoms with van der Waals surface area (Å²) >= 11 is 0.